The van der Waals surface area contributed by atoms with Crippen molar-refractivity contribution in [3.63, 3.8) is 0 Å². The van der Waals surface area contributed by atoms with Gasteiger partial charge in [0, 0.05) is 51.6 Å². The van der Waals surface area contributed by atoms with Crippen LogP contribution in [-0.2, 0) is 10.1 Å². The number of rotatable bonds is 0. The van der Waals surface area contributed by atoms with Crippen LogP contribution < -0.4 is 0 Å². The number of hydrogen-bond acceptors (Lipinski definition) is 2. The minimum Gasteiger partial charge on any atom is -0.286 e. The van der Waals surface area contributed by atoms with Crippen molar-refractivity contribution in [1.29, 1.82) is 0 Å². The Morgan fingerprint density at radius 2 is 1.43 bits per heavy atom. The molecular weight excluding hydrogens is 284 g/mol. The summed E-state index contributed by atoms with van der Waals surface area (Å²) in [7, 11) is -3.67. The molecule has 3 nitrogen and oxygen atoms in total. The third-order valence-corrected chi connectivity index (χ3v) is 0. The Morgan fingerprint density at radius 3 is 1.43 bits per heavy atom. The predicted octanol–water partition coefficient (Wildman–Crippen LogP) is -0.0758. The van der Waals surface area contributed by atoms with E-state index in [0.717, 1.165) is 0 Å². The second-order valence-electron chi connectivity index (χ2n) is 0.733. The largest absolute Gasteiger partial charge is 0.286 e. The molecule has 0 fully saturated rings. The van der Waals surface area contributed by atoms with E-state index in [-0.39, 0.29) is 51.6 Å². The van der Waals surface area contributed by atoms with Crippen LogP contribution in [0.25, 0.3) is 0 Å². The van der Waals surface area contributed by atoms with Crippen molar-refractivity contribution in [2.24, 2.45) is 0 Å². The molecule has 7 heavy (non-hydrogen) atoms. The van der Waals surface area contributed by atoms with Crippen LogP contribution >= 0.6 is 0 Å². The van der Waals surface area contributed by atoms with E-state index in [1.807, 2.05) is 0 Å². The van der Waals surface area contributed by atoms with E-state index in [1.165, 1.54) is 0 Å². The van der Waals surface area contributed by atoms with Crippen molar-refractivity contribution in [3.05, 3.63) is 0 Å². The average molecular weight is 288 g/mol. The van der Waals surface area contributed by atoms with E-state index in [4.69, 9.17) is 4.55 Å². The fraction of sp³-hybridized carbons (Fsp3) is 1.00. The summed E-state index contributed by atoms with van der Waals surface area (Å²) < 4.78 is 25.9. The van der Waals surface area contributed by atoms with Gasteiger partial charge in [-0.15, -0.1) is 0 Å². The van der Waals surface area contributed by atoms with Crippen LogP contribution in [0.3, 0.4) is 0 Å². The summed E-state index contributed by atoms with van der Waals surface area (Å²) in [6.45, 7) is 0. The smallest absolute Gasteiger partial charge is 0.261 e. The van der Waals surface area contributed by atoms with Gasteiger partial charge >= 0.3 is 0 Å². The van der Waals surface area contributed by atoms with Crippen molar-refractivity contribution in [1.82, 2.24) is 0 Å². The van der Waals surface area contributed by atoms with Gasteiger partial charge in [-0.3, -0.25) is 4.55 Å². The Morgan fingerprint density at radius 1 is 1.43 bits per heavy atom. The van der Waals surface area contributed by atoms with Gasteiger partial charge in [-0.05, 0) is 0 Å². The van der Waals surface area contributed by atoms with Crippen molar-refractivity contribution in [2.75, 3.05) is 6.26 Å². The van der Waals surface area contributed by atoms with Gasteiger partial charge in [0.1, 0.15) is 0 Å². The van der Waals surface area contributed by atoms with Crippen molar-refractivity contribution in [3.8, 4) is 0 Å². The Balaban J connectivity index is -0.0000000800. The van der Waals surface area contributed by atoms with Crippen molar-refractivity contribution in [2.45, 2.75) is 0 Å². The van der Waals surface area contributed by atoms with Gasteiger partial charge < -0.3 is 0 Å². The standard InChI is InChI=1S/CH4O3S.F.Yb/c1-5(2,3)4;;/h1H3,(H,2,3,4);;. The first-order valence-electron chi connectivity index (χ1n) is 0.924. The first kappa shape index (κ1) is 15.8. The van der Waals surface area contributed by atoms with Crippen LogP contribution in [0.4, 0.5) is 4.70 Å². The van der Waals surface area contributed by atoms with Gasteiger partial charge in [-0.1, -0.05) is 0 Å². The summed E-state index contributed by atoms with van der Waals surface area (Å²) in [5.41, 5.74) is 0. The van der Waals surface area contributed by atoms with Gasteiger partial charge in [-0.2, -0.15) is 8.42 Å². The zero-order valence-electron chi connectivity index (χ0n) is 3.32. The molecule has 0 unspecified atom stereocenters. The van der Waals surface area contributed by atoms with E-state index in [9.17, 15) is 8.42 Å². The van der Waals surface area contributed by atoms with E-state index in [2.05, 4.69) is 0 Å². The minimum absolute atomic E-state index is 0. The van der Waals surface area contributed by atoms with Crippen molar-refractivity contribution >= 4 is 10.1 Å². The van der Waals surface area contributed by atoms with Gasteiger partial charge in [0.05, 0.1) is 6.26 Å². The number of hydrogen-bond donors (Lipinski definition) is 1. The molecule has 0 bridgehead atoms. The van der Waals surface area contributed by atoms with Crippen LogP contribution in [0, 0.1) is 46.9 Å². The molecule has 0 amide bonds. The van der Waals surface area contributed by atoms with Gasteiger partial charge in [0.2, 0.25) is 0 Å². The molecule has 0 aliphatic carbocycles. The molecule has 0 rings (SSSR count). The van der Waals surface area contributed by atoms with Crippen LogP contribution in [0.1, 0.15) is 0 Å². The van der Waals surface area contributed by atoms with E-state index in [1.54, 1.807) is 0 Å². The summed E-state index contributed by atoms with van der Waals surface area (Å²) in [5.74, 6) is 0. The monoisotopic (exact) mass is 289 g/mol. The van der Waals surface area contributed by atoms with Crippen molar-refractivity contribution < 1.29 is 64.6 Å². The molecule has 0 aromatic rings. The summed E-state index contributed by atoms with van der Waals surface area (Å²) in [5, 5.41) is 0. The van der Waals surface area contributed by atoms with Gasteiger partial charge in [-0.25, -0.2) is 0 Å². The molecule has 6 heteroatoms. The van der Waals surface area contributed by atoms with Crippen LogP contribution in [-0.4, -0.2) is 19.2 Å². The topological polar surface area (TPSA) is 54.4 Å². The molecule has 0 saturated carbocycles. The van der Waals surface area contributed by atoms with E-state index >= 15 is 0 Å². The molecule has 53 valence electrons. The first-order chi connectivity index (χ1) is 2.00. The zero-order valence-corrected chi connectivity index (χ0v) is 5.85. The van der Waals surface area contributed by atoms with Gasteiger partial charge in [0.15, 0.2) is 0 Å². The van der Waals surface area contributed by atoms with E-state index in [0.29, 0.717) is 6.26 Å². The minimum atomic E-state index is -3.67. The molecule has 1 radical (unpaired) electrons. The van der Waals surface area contributed by atoms with Crippen LogP contribution in [0.5, 0.6) is 0 Å². The number of halogens is 1. The Bertz CT molecular complexity index is 98.1. The molecule has 0 aromatic carbocycles. The summed E-state index contributed by atoms with van der Waals surface area (Å²) in [6, 6.07) is 0. The SMILES string of the molecule is CS(=O)(=O)O.[F].[Yb]. The van der Waals surface area contributed by atoms with E-state index < -0.39 is 10.1 Å². The molecule has 0 saturated heterocycles. The summed E-state index contributed by atoms with van der Waals surface area (Å²) >= 11 is 0. The fourth-order valence-electron chi connectivity index (χ4n) is 0. The maximum absolute atomic E-state index is 9.19. The molecule has 0 heterocycles. The molecule has 1 N–H and O–H groups in total. The maximum Gasteiger partial charge on any atom is 0.261 e. The normalized spacial score (nSPS) is 8.29. The summed E-state index contributed by atoms with van der Waals surface area (Å²) in [6.07, 6.45) is 0.715. The Labute approximate surface area is 79.8 Å². The molecule has 0 atom stereocenters. The maximum atomic E-state index is 9.19. The first-order valence-corrected chi connectivity index (χ1v) is 2.77. The Kier molecular flexibility index (Phi) is 12.4. The second kappa shape index (κ2) is 5.50. The molecule has 0 aliphatic heterocycles. The van der Waals surface area contributed by atoms with Crippen LogP contribution in [0.15, 0.2) is 0 Å². The molecule has 0 aromatic heterocycles. The third-order valence-electron chi connectivity index (χ3n) is 0. The fourth-order valence-corrected chi connectivity index (χ4v) is 0. The average Bonchev–Trinajstić information content (AvgIpc) is 0.722. The Hall–Kier alpha value is 1.36. The second-order valence-corrected chi connectivity index (χ2v) is 2.20. The molecule has 0 spiro atoms. The summed E-state index contributed by atoms with van der Waals surface area (Å²) in [4.78, 5) is 0. The predicted molar refractivity (Wildman–Crippen MR) is 18.6 cm³/mol. The zero-order chi connectivity index (χ0) is 4.50. The third kappa shape index (κ3) is 114. The molecular formula is CH4FO3SYb. The van der Waals surface area contributed by atoms with Gasteiger partial charge in [0.25, 0.3) is 10.1 Å². The van der Waals surface area contributed by atoms with Crippen LogP contribution in [0.2, 0.25) is 0 Å². The quantitative estimate of drug-likeness (QED) is 0.635. The molecule has 0 aliphatic rings.